The van der Waals surface area contributed by atoms with E-state index in [4.69, 9.17) is 16.3 Å². The van der Waals surface area contributed by atoms with Crippen LogP contribution in [0, 0.1) is 3.70 Å². The topological polar surface area (TPSA) is 44.1 Å². The molecule has 0 radical (unpaired) electrons. The van der Waals surface area contributed by atoms with E-state index in [1.807, 2.05) is 12.1 Å². The molecule has 0 aliphatic rings. The molecule has 0 unspecified atom stereocenters. The molecule has 2 aromatic rings. The van der Waals surface area contributed by atoms with Crippen LogP contribution in [0.25, 0.3) is 10.9 Å². The molecule has 0 aliphatic carbocycles. The van der Waals surface area contributed by atoms with Crippen molar-refractivity contribution in [2.24, 2.45) is 0 Å². The number of hydrogen-bond donors (Lipinski definition) is 0. The van der Waals surface area contributed by atoms with Crippen LogP contribution in [0.4, 0.5) is 0 Å². The van der Waals surface area contributed by atoms with E-state index in [-0.39, 0.29) is 5.97 Å². The molecule has 0 saturated heterocycles. The molecular formula is C11H10ClIN2O2. The Kier molecular flexibility index (Phi) is 3.58. The fraction of sp³-hybridized carbons (Fsp3) is 0.273. The molecule has 17 heavy (non-hydrogen) atoms. The van der Waals surface area contributed by atoms with Gasteiger partial charge in [-0.2, -0.15) is 5.10 Å². The maximum Gasteiger partial charge on any atom is 0.330 e. The van der Waals surface area contributed by atoms with Crippen LogP contribution in [0.15, 0.2) is 18.2 Å². The maximum atomic E-state index is 11.5. The van der Waals surface area contributed by atoms with E-state index in [2.05, 4.69) is 27.7 Å². The molecule has 6 heteroatoms. The number of fused-ring (bicyclic) bond motifs is 1. The molecule has 90 valence electrons. The van der Waals surface area contributed by atoms with Gasteiger partial charge in [-0.3, -0.25) is 0 Å². The van der Waals surface area contributed by atoms with E-state index in [9.17, 15) is 4.79 Å². The van der Waals surface area contributed by atoms with Gasteiger partial charge in [0.2, 0.25) is 0 Å². The second-order valence-corrected chi connectivity index (χ2v) is 5.00. The summed E-state index contributed by atoms with van der Waals surface area (Å²) in [5.74, 6) is -0.328. The minimum atomic E-state index is -0.468. The highest BCUT2D eigenvalue weighted by Crippen LogP contribution is 2.29. The molecule has 4 nitrogen and oxygen atoms in total. The Morgan fingerprint density at radius 2 is 2.29 bits per heavy atom. The molecule has 2 rings (SSSR count). The molecule has 1 atom stereocenters. The third-order valence-electron chi connectivity index (χ3n) is 2.55. The average Bonchev–Trinajstić information content (AvgIpc) is 2.66. The fourth-order valence-corrected chi connectivity index (χ4v) is 2.89. The quantitative estimate of drug-likeness (QED) is 0.608. The van der Waals surface area contributed by atoms with E-state index in [0.29, 0.717) is 5.02 Å². The smallest absolute Gasteiger partial charge is 0.330 e. The van der Waals surface area contributed by atoms with Gasteiger partial charge in [0.25, 0.3) is 0 Å². The summed E-state index contributed by atoms with van der Waals surface area (Å²) in [5.41, 5.74) is 0.833. The molecule has 0 amide bonds. The Hall–Kier alpha value is -0.820. The van der Waals surface area contributed by atoms with Crippen LogP contribution in [0.1, 0.15) is 13.0 Å². The molecule has 1 heterocycles. The van der Waals surface area contributed by atoms with Crippen molar-refractivity contribution < 1.29 is 9.53 Å². The summed E-state index contributed by atoms with van der Waals surface area (Å²) in [5, 5.41) is 5.84. The van der Waals surface area contributed by atoms with Crippen molar-refractivity contribution in [2.45, 2.75) is 13.0 Å². The Morgan fingerprint density at radius 3 is 2.94 bits per heavy atom. The van der Waals surface area contributed by atoms with Gasteiger partial charge in [-0.1, -0.05) is 17.7 Å². The van der Waals surface area contributed by atoms with Crippen molar-refractivity contribution >= 4 is 51.1 Å². The predicted molar refractivity (Wildman–Crippen MR) is 74.2 cm³/mol. The number of aromatic nitrogens is 2. The first-order chi connectivity index (χ1) is 8.06. The van der Waals surface area contributed by atoms with Gasteiger partial charge in [0, 0.05) is 0 Å². The third kappa shape index (κ3) is 2.13. The Morgan fingerprint density at radius 1 is 1.59 bits per heavy atom. The SMILES string of the molecule is COC(=O)[C@@H](C)n1nc(I)c2c(Cl)cccc21. The standard InChI is InChI=1S/C11H10ClIN2O2/c1-6(11(16)17-2)15-8-5-3-4-7(12)9(8)10(13)14-15/h3-6H,1-2H3/t6-/m1/s1. The number of halogens is 2. The van der Waals surface area contributed by atoms with Crippen LogP contribution in [0.3, 0.4) is 0 Å². The molecular weight excluding hydrogens is 354 g/mol. The molecule has 0 fully saturated rings. The predicted octanol–water partition coefficient (Wildman–Crippen LogP) is 3.03. The lowest BCUT2D eigenvalue weighted by Gasteiger charge is -2.10. The summed E-state index contributed by atoms with van der Waals surface area (Å²) >= 11 is 8.22. The van der Waals surface area contributed by atoms with E-state index < -0.39 is 6.04 Å². The number of rotatable bonds is 2. The van der Waals surface area contributed by atoms with Gasteiger partial charge >= 0.3 is 5.97 Å². The lowest BCUT2D eigenvalue weighted by Crippen LogP contribution is -2.18. The van der Waals surface area contributed by atoms with Crippen LogP contribution in [-0.4, -0.2) is 22.9 Å². The Balaban J connectivity index is 2.64. The summed E-state index contributed by atoms with van der Waals surface area (Å²) in [7, 11) is 1.36. The number of benzene rings is 1. The fourth-order valence-electron chi connectivity index (χ4n) is 1.67. The molecule has 1 aromatic carbocycles. The average molecular weight is 365 g/mol. The van der Waals surface area contributed by atoms with Gasteiger partial charge < -0.3 is 4.74 Å². The van der Waals surface area contributed by atoms with Gasteiger partial charge in [-0.25, -0.2) is 9.48 Å². The highest BCUT2D eigenvalue weighted by atomic mass is 127. The van der Waals surface area contributed by atoms with Crippen LogP contribution >= 0.6 is 34.2 Å². The number of methoxy groups -OCH3 is 1. The van der Waals surface area contributed by atoms with Gasteiger partial charge in [0.15, 0.2) is 0 Å². The van der Waals surface area contributed by atoms with Crippen molar-refractivity contribution in [3.8, 4) is 0 Å². The highest BCUT2D eigenvalue weighted by Gasteiger charge is 2.21. The molecule has 0 N–H and O–H groups in total. The Bertz CT molecular complexity index is 582. The van der Waals surface area contributed by atoms with Crippen molar-refractivity contribution in [3.63, 3.8) is 0 Å². The second kappa shape index (κ2) is 4.81. The number of hydrogen-bond acceptors (Lipinski definition) is 3. The van der Waals surface area contributed by atoms with Crippen molar-refractivity contribution in [1.82, 2.24) is 9.78 Å². The van der Waals surface area contributed by atoms with Crippen molar-refractivity contribution in [3.05, 3.63) is 26.9 Å². The molecule has 1 aromatic heterocycles. The lowest BCUT2D eigenvalue weighted by molar-refractivity contribution is -0.144. The number of nitrogens with zero attached hydrogens (tertiary/aromatic N) is 2. The molecule has 0 bridgehead atoms. The van der Waals surface area contributed by atoms with E-state index in [1.165, 1.54) is 7.11 Å². The summed E-state index contributed by atoms with van der Waals surface area (Å²) in [6, 6.07) is 5.06. The Labute approximate surface area is 117 Å². The minimum Gasteiger partial charge on any atom is -0.467 e. The second-order valence-electron chi connectivity index (χ2n) is 3.57. The summed E-state index contributed by atoms with van der Waals surface area (Å²) < 4.78 is 7.13. The zero-order valence-electron chi connectivity index (χ0n) is 9.28. The normalized spacial score (nSPS) is 12.7. The van der Waals surface area contributed by atoms with Crippen LogP contribution < -0.4 is 0 Å². The summed E-state index contributed by atoms with van der Waals surface area (Å²) in [4.78, 5) is 11.5. The van der Waals surface area contributed by atoms with E-state index in [0.717, 1.165) is 14.6 Å². The molecule has 0 aliphatic heterocycles. The van der Waals surface area contributed by atoms with Gasteiger partial charge in [0.1, 0.15) is 9.74 Å². The lowest BCUT2D eigenvalue weighted by atomic mass is 10.2. The largest absolute Gasteiger partial charge is 0.467 e. The molecule has 0 saturated carbocycles. The van der Waals surface area contributed by atoms with Crippen LogP contribution in [0.5, 0.6) is 0 Å². The maximum absolute atomic E-state index is 11.5. The van der Waals surface area contributed by atoms with Crippen LogP contribution in [0.2, 0.25) is 5.02 Å². The number of esters is 1. The van der Waals surface area contributed by atoms with E-state index >= 15 is 0 Å². The zero-order valence-corrected chi connectivity index (χ0v) is 12.2. The van der Waals surface area contributed by atoms with Crippen molar-refractivity contribution in [1.29, 1.82) is 0 Å². The summed E-state index contributed by atoms with van der Waals surface area (Å²) in [6.07, 6.45) is 0. The minimum absolute atomic E-state index is 0.328. The number of carbonyl (C=O) groups excluding carboxylic acids is 1. The molecule has 0 spiro atoms. The van der Waals surface area contributed by atoms with Crippen LogP contribution in [-0.2, 0) is 9.53 Å². The first-order valence-electron chi connectivity index (χ1n) is 4.96. The van der Waals surface area contributed by atoms with Gasteiger partial charge in [-0.15, -0.1) is 0 Å². The first kappa shape index (κ1) is 12.6. The highest BCUT2D eigenvalue weighted by molar-refractivity contribution is 14.1. The number of ether oxygens (including phenoxy) is 1. The monoisotopic (exact) mass is 364 g/mol. The van der Waals surface area contributed by atoms with Crippen molar-refractivity contribution in [2.75, 3.05) is 7.11 Å². The zero-order chi connectivity index (χ0) is 12.6. The van der Waals surface area contributed by atoms with E-state index in [1.54, 1.807) is 17.7 Å². The number of carbonyl (C=O) groups is 1. The van der Waals surface area contributed by atoms with Gasteiger partial charge in [0.05, 0.1) is 23.0 Å². The summed E-state index contributed by atoms with van der Waals surface area (Å²) in [6.45, 7) is 1.75. The first-order valence-corrected chi connectivity index (χ1v) is 6.42. The van der Waals surface area contributed by atoms with Gasteiger partial charge in [-0.05, 0) is 41.6 Å². The third-order valence-corrected chi connectivity index (χ3v) is 3.62.